The van der Waals surface area contributed by atoms with Crippen molar-refractivity contribution < 1.29 is 27.4 Å². The van der Waals surface area contributed by atoms with Crippen molar-refractivity contribution in [1.82, 2.24) is 9.88 Å². The summed E-state index contributed by atoms with van der Waals surface area (Å²) in [5, 5.41) is 0. The summed E-state index contributed by atoms with van der Waals surface area (Å²) in [6.07, 6.45) is -3.78. The Morgan fingerprint density at radius 2 is 2.00 bits per heavy atom. The zero-order valence-corrected chi connectivity index (χ0v) is 13.3. The van der Waals surface area contributed by atoms with Crippen LogP contribution < -0.4 is 9.47 Å². The Morgan fingerprint density at radius 3 is 2.68 bits per heavy atom. The van der Waals surface area contributed by atoms with Crippen molar-refractivity contribution in [3.8, 4) is 11.6 Å². The van der Waals surface area contributed by atoms with E-state index in [-0.39, 0.29) is 31.0 Å². The number of benzene rings is 1. The highest BCUT2D eigenvalue weighted by molar-refractivity contribution is 5.95. The van der Waals surface area contributed by atoms with Crippen LogP contribution in [0.2, 0.25) is 0 Å². The predicted octanol–water partition coefficient (Wildman–Crippen LogP) is 3.01. The van der Waals surface area contributed by atoms with Crippen LogP contribution in [-0.4, -0.2) is 42.1 Å². The lowest BCUT2D eigenvalue weighted by Crippen LogP contribution is -2.56. The molecular formula is C17H15F3N2O3. The number of amides is 1. The fraction of sp³-hybridized carbons (Fsp3) is 0.294. The molecule has 2 heterocycles. The maximum atomic E-state index is 12.7. The normalized spacial score (nSPS) is 14.8. The quantitative estimate of drug-likeness (QED) is 0.849. The van der Waals surface area contributed by atoms with Crippen molar-refractivity contribution in [2.75, 3.05) is 20.2 Å². The lowest BCUT2D eigenvalue weighted by atomic mass is 10.1. The summed E-state index contributed by atoms with van der Waals surface area (Å²) in [5.74, 6) is 0.288. The first-order valence-electron chi connectivity index (χ1n) is 7.50. The number of halogens is 3. The van der Waals surface area contributed by atoms with Crippen molar-refractivity contribution in [1.29, 1.82) is 0 Å². The predicted molar refractivity (Wildman–Crippen MR) is 82.6 cm³/mol. The van der Waals surface area contributed by atoms with Gasteiger partial charge in [-0.25, -0.2) is 4.98 Å². The van der Waals surface area contributed by atoms with E-state index in [1.54, 1.807) is 29.2 Å². The molecule has 0 aliphatic carbocycles. The van der Waals surface area contributed by atoms with Crippen LogP contribution in [-0.2, 0) is 6.18 Å². The van der Waals surface area contributed by atoms with Gasteiger partial charge in [-0.2, -0.15) is 13.2 Å². The van der Waals surface area contributed by atoms with Gasteiger partial charge in [0.1, 0.15) is 11.9 Å². The smallest absolute Gasteiger partial charge is 0.416 e. The minimum absolute atomic E-state index is 0.103. The van der Waals surface area contributed by atoms with Gasteiger partial charge in [0.05, 0.1) is 25.8 Å². The van der Waals surface area contributed by atoms with E-state index in [1.807, 2.05) is 0 Å². The number of alkyl halides is 3. The summed E-state index contributed by atoms with van der Waals surface area (Å²) in [6.45, 7) is 0.571. The first-order chi connectivity index (χ1) is 11.9. The van der Waals surface area contributed by atoms with Gasteiger partial charge in [0, 0.05) is 17.8 Å². The third-order valence-corrected chi connectivity index (χ3v) is 3.80. The molecule has 0 spiro atoms. The molecule has 0 saturated carbocycles. The molecule has 1 aromatic heterocycles. The molecule has 1 aliphatic heterocycles. The first-order valence-corrected chi connectivity index (χ1v) is 7.50. The average Bonchev–Trinajstić information content (AvgIpc) is 2.57. The Kier molecular flexibility index (Phi) is 4.52. The summed E-state index contributed by atoms with van der Waals surface area (Å²) in [4.78, 5) is 17.7. The second kappa shape index (κ2) is 6.62. The Hall–Kier alpha value is -2.77. The van der Waals surface area contributed by atoms with Gasteiger partial charge in [-0.05, 0) is 24.3 Å². The van der Waals surface area contributed by atoms with Crippen LogP contribution in [0.4, 0.5) is 13.2 Å². The molecule has 5 nitrogen and oxygen atoms in total. The fourth-order valence-electron chi connectivity index (χ4n) is 2.44. The lowest BCUT2D eigenvalue weighted by molar-refractivity contribution is -0.137. The topological polar surface area (TPSA) is 51.7 Å². The molecule has 1 saturated heterocycles. The molecule has 1 fully saturated rings. The Labute approximate surface area is 142 Å². The zero-order chi connectivity index (χ0) is 18.0. The summed E-state index contributed by atoms with van der Waals surface area (Å²) in [7, 11) is 1.51. The van der Waals surface area contributed by atoms with Crippen LogP contribution in [0.3, 0.4) is 0 Å². The van der Waals surface area contributed by atoms with Crippen LogP contribution in [0.5, 0.6) is 11.6 Å². The molecular weight excluding hydrogens is 337 g/mol. The van der Waals surface area contributed by atoms with E-state index in [1.165, 1.54) is 7.11 Å². The Balaban J connectivity index is 1.58. The van der Waals surface area contributed by atoms with E-state index in [0.717, 1.165) is 18.3 Å². The molecule has 1 aromatic carbocycles. The number of carbonyl (C=O) groups excluding carboxylic acids is 1. The maximum Gasteiger partial charge on any atom is 0.416 e. The number of carbonyl (C=O) groups is 1. The van der Waals surface area contributed by atoms with E-state index in [9.17, 15) is 18.0 Å². The number of ether oxygens (including phenoxy) is 2. The minimum Gasteiger partial charge on any atom is -0.497 e. The standard InChI is InChI=1S/C17H15F3N2O3/c1-24-13-4-2-3-11(7-13)16(23)22-9-14(10-22)25-15-8-12(5-6-21-15)17(18,19)20/h2-8,14H,9-10H2,1H3. The zero-order valence-electron chi connectivity index (χ0n) is 13.3. The molecule has 0 unspecified atom stereocenters. The Bertz CT molecular complexity index is 774. The van der Waals surface area contributed by atoms with E-state index in [4.69, 9.17) is 9.47 Å². The molecule has 3 rings (SSSR count). The average molecular weight is 352 g/mol. The van der Waals surface area contributed by atoms with Gasteiger partial charge in [-0.15, -0.1) is 0 Å². The number of likely N-dealkylation sites (tertiary alicyclic amines) is 1. The summed E-state index contributed by atoms with van der Waals surface area (Å²) in [6, 6.07) is 8.49. The summed E-state index contributed by atoms with van der Waals surface area (Å²) < 4.78 is 48.5. The summed E-state index contributed by atoms with van der Waals surface area (Å²) >= 11 is 0. The van der Waals surface area contributed by atoms with Crippen LogP contribution in [0.25, 0.3) is 0 Å². The second-order valence-electron chi connectivity index (χ2n) is 5.56. The highest BCUT2D eigenvalue weighted by atomic mass is 19.4. The molecule has 25 heavy (non-hydrogen) atoms. The fourth-order valence-corrected chi connectivity index (χ4v) is 2.44. The van der Waals surface area contributed by atoms with Gasteiger partial charge in [-0.1, -0.05) is 6.07 Å². The molecule has 0 N–H and O–H groups in total. The number of nitrogens with zero attached hydrogens (tertiary/aromatic N) is 2. The minimum atomic E-state index is -4.45. The van der Waals surface area contributed by atoms with Gasteiger partial charge < -0.3 is 14.4 Å². The SMILES string of the molecule is COc1cccc(C(=O)N2CC(Oc3cc(C(F)(F)F)ccn3)C2)c1. The number of hydrogen-bond acceptors (Lipinski definition) is 4. The van der Waals surface area contributed by atoms with Gasteiger partial charge in [0.2, 0.25) is 5.88 Å². The lowest BCUT2D eigenvalue weighted by Gasteiger charge is -2.38. The van der Waals surface area contributed by atoms with Gasteiger partial charge in [-0.3, -0.25) is 4.79 Å². The van der Waals surface area contributed by atoms with Crippen LogP contribution in [0, 0.1) is 0 Å². The highest BCUT2D eigenvalue weighted by Crippen LogP contribution is 2.31. The van der Waals surface area contributed by atoms with Crippen LogP contribution >= 0.6 is 0 Å². The number of pyridine rings is 1. The molecule has 2 aromatic rings. The van der Waals surface area contributed by atoms with E-state index >= 15 is 0 Å². The largest absolute Gasteiger partial charge is 0.497 e. The second-order valence-corrected chi connectivity index (χ2v) is 5.56. The third-order valence-electron chi connectivity index (χ3n) is 3.80. The number of aromatic nitrogens is 1. The maximum absolute atomic E-state index is 12.7. The van der Waals surface area contributed by atoms with Crippen LogP contribution in [0.1, 0.15) is 15.9 Å². The van der Waals surface area contributed by atoms with Crippen molar-refractivity contribution in [3.63, 3.8) is 0 Å². The molecule has 0 radical (unpaired) electrons. The van der Waals surface area contributed by atoms with Crippen molar-refractivity contribution in [2.24, 2.45) is 0 Å². The Morgan fingerprint density at radius 1 is 1.24 bits per heavy atom. The third kappa shape index (κ3) is 3.84. The monoisotopic (exact) mass is 352 g/mol. The van der Waals surface area contributed by atoms with Gasteiger partial charge >= 0.3 is 6.18 Å². The van der Waals surface area contributed by atoms with Crippen molar-refractivity contribution in [2.45, 2.75) is 12.3 Å². The van der Waals surface area contributed by atoms with Gasteiger partial charge in [0.15, 0.2) is 0 Å². The van der Waals surface area contributed by atoms with Gasteiger partial charge in [0.25, 0.3) is 5.91 Å². The van der Waals surface area contributed by atoms with Crippen molar-refractivity contribution >= 4 is 5.91 Å². The highest BCUT2D eigenvalue weighted by Gasteiger charge is 2.34. The van der Waals surface area contributed by atoms with E-state index in [0.29, 0.717) is 11.3 Å². The van der Waals surface area contributed by atoms with Crippen LogP contribution in [0.15, 0.2) is 42.6 Å². The molecule has 0 bridgehead atoms. The first kappa shape index (κ1) is 17.1. The number of hydrogen-bond donors (Lipinski definition) is 0. The van der Waals surface area contributed by atoms with Crippen molar-refractivity contribution in [3.05, 3.63) is 53.7 Å². The van der Waals surface area contributed by atoms with E-state index in [2.05, 4.69) is 4.98 Å². The molecule has 1 amide bonds. The molecule has 0 atom stereocenters. The molecule has 132 valence electrons. The van der Waals surface area contributed by atoms with E-state index < -0.39 is 11.7 Å². The molecule has 8 heteroatoms. The number of rotatable bonds is 4. The summed E-state index contributed by atoms with van der Waals surface area (Å²) in [5.41, 5.74) is -0.337. The number of methoxy groups -OCH3 is 1. The molecule has 1 aliphatic rings.